The van der Waals surface area contributed by atoms with E-state index in [0.29, 0.717) is 16.8 Å². The molecule has 190 valence electrons. The molecule has 0 saturated carbocycles. The summed E-state index contributed by atoms with van der Waals surface area (Å²) in [5.74, 6) is 1.16. The summed E-state index contributed by atoms with van der Waals surface area (Å²) < 4.78 is 17.9. The third-order valence-electron chi connectivity index (χ3n) is 6.18. The van der Waals surface area contributed by atoms with Crippen LogP contribution in [0.2, 0.25) is 0 Å². The SMILES string of the molecule is COC(=O)c1ccccc1CON=C(C)c1cc(-c2cccc(OC)c2)n(-c2ccc(OC)cc2)c1C. The van der Waals surface area contributed by atoms with Gasteiger partial charge in [0.05, 0.1) is 38.3 Å². The predicted molar refractivity (Wildman–Crippen MR) is 144 cm³/mol. The van der Waals surface area contributed by atoms with Crippen LogP contribution in [-0.2, 0) is 16.2 Å². The Hall–Kier alpha value is -4.52. The van der Waals surface area contributed by atoms with Gasteiger partial charge in [-0.15, -0.1) is 0 Å². The normalized spacial score (nSPS) is 11.2. The van der Waals surface area contributed by atoms with Crippen molar-refractivity contribution >= 4 is 11.7 Å². The number of hydrogen-bond donors (Lipinski definition) is 0. The number of oxime groups is 1. The fraction of sp³-hybridized carbons (Fsp3) is 0.200. The summed E-state index contributed by atoms with van der Waals surface area (Å²) in [4.78, 5) is 17.7. The molecule has 0 amide bonds. The third-order valence-corrected chi connectivity index (χ3v) is 6.18. The highest BCUT2D eigenvalue weighted by atomic mass is 16.6. The van der Waals surface area contributed by atoms with Crippen molar-refractivity contribution in [2.45, 2.75) is 20.5 Å². The van der Waals surface area contributed by atoms with Gasteiger partial charge in [0.2, 0.25) is 0 Å². The molecular formula is C30H30N2O5. The molecule has 1 aromatic heterocycles. The highest BCUT2D eigenvalue weighted by molar-refractivity contribution is 6.01. The van der Waals surface area contributed by atoms with Gasteiger partial charge in [-0.1, -0.05) is 35.5 Å². The minimum atomic E-state index is -0.407. The summed E-state index contributed by atoms with van der Waals surface area (Å²) in [7, 11) is 4.67. The number of benzene rings is 3. The zero-order valence-electron chi connectivity index (χ0n) is 21.6. The van der Waals surface area contributed by atoms with Gasteiger partial charge in [-0.25, -0.2) is 4.79 Å². The van der Waals surface area contributed by atoms with Gasteiger partial charge in [-0.05, 0) is 62.4 Å². The minimum Gasteiger partial charge on any atom is -0.497 e. The van der Waals surface area contributed by atoms with E-state index >= 15 is 0 Å². The summed E-state index contributed by atoms with van der Waals surface area (Å²) in [5.41, 5.74) is 6.80. The summed E-state index contributed by atoms with van der Waals surface area (Å²) >= 11 is 0. The van der Waals surface area contributed by atoms with Gasteiger partial charge >= 0.3 is 5.97 Å². The monoisotopic (exact) mass is 498 g/mol. The molecule has 0 saturated heterocycles. The Morgan fingerprint density at radius 3 is 2.27 bits per heavy atom. The number of hydrogen-bond acceptors (Lipinski definition) is 6. The second-order valence-corrected chi connectivity index (χ2v) is 8.39. The first-order chi connectivity index (χ1) is 18.0. The molecule has 3 aromatic carbocycles. The number of aromatic nitrogens is 1. The van der Waals surface area contributed by atoms with E-state index in [4.69, 9.17) is 19.0 Å². The maximum absolute atomic E-state index is 12.1. The van der Waals surface area contributed by atoms with E-state index in [1.807, 2.05) is 67.6 Å². The maximum Gasteiger partial charge on any atom is 0.338 e. The van der Waals surface area contributed by atoms with Crippen molar-refractivity contribution in [2.75, 3.05) is 21.3 Å². The molecule has 0 N–H and O–H groups in total. The van der Waals surface area contributed by atoms with E-state index in [1.165, 1.54) is 7.11 Å². The lowest BCUT2D eigenvalue weighted by molar-refractivity contribution is 0.0593. The number of methoxy groups -OCH3 is 3. The first kappa shape index (κ1) is 25.6. The lowest BCUT2D eigenvalue weighted by Crippen LogP contribution is -2.06. The summed E-state index contributed by atoms with van der Waals surface area (Å²) in [6.45, 7) is 4.10. The molecule has 0 fully saturated rings. The summed E-state index contributed by atoms with van der Waals surface area (Å²) in [5, 5.41) is 4.39. The summed E-state index contributed by atoms with van der Waals surface area (Å²) in [6.07, 6.45) is 0. The standard InChI is InChI=1S/C30H30N2O5/c1-20(31-37-19-23-9-6-7-12-27(23)30(33)36-5)28-18-29(22-10-8-11-26(17-22)35-4)32(21(28)2)24-13-15-25(34-3)16-14-24/h6-18H,19H2,1-5H3. The smallest absolute Gasteiger partial charge is 0.338 e. The number of carbonyl (C=O) groups excluding carboxylic acids is 1. The quantitative estimate of drug-likeness (QED) is 0.156. The Morgan fingerprint density at radius 2 is 1.57 bits per heavy atom. The van der Waals surface area contributed by atoms with Crippen molar-refractivity contribution < 1.29 is 23.8 Å². The fourth-order valence-corrected chi connectivity index (χ4v) is 4.24. The van der Waals surface area contributed by atoms with Gasteiger partial charge in [-0.3, -0.25) is 0 Å². The van der Waals surface area contributed by atoms with E-state index in [0.717, 1.165) is 39.7 Å². The Balaban J connectivity index is 1.71. The van der Waals surface area contributed by atoms with Crippen LogP contribution in [0.4, 0.5) is 0 Å². The van der Waals surface area contributed by atoms with Gasteiger partial charge in [0, 0.05) is 28.1 Å². The molecule has 0 aliphatic rings. The average molecular weight is 499 g/mol. The van der Waals surface area contributed by atoms with Crippen molar-refractivity contribution in [1.29, 1.82) is 0 Å². The molecule has 0 radical (unpaired) electrons. The number of rotatable bonds is 9. The second-order valence-electron chi connectivity index (χ2n) is 8.39. The predicted octanol–water partition coefficient (Wildman–Crippen LogP) is 6.20. The summed E-state index contributed by atoms with van der Waals surface area (Å²) in [6, 6.07) is 25.1. The minimum absolute atomic E-state index is 0.142. The van der Waals surface area contributed by atoms with Crippen LogP contribution in [0.1, 0.15) is 34.1 Å². The van der Waals surface area contributed by atoms with E-state index in [-0.39, 0.29) is 6.61 Å². The van der Waals surface area contributed by atoms with Crippen LogP contribution in [0, 0.1) is 6.92 Å². The highest BCUT2D eigenvalue weighted by Gasteiger charge is 2.18. The second kappa shape index (κ2) is 11.5. The van der Waals surface area contributed by atoms with Crippen LogP contribution in [0.25, 0.3) is 16.9 Å². The van der Waals surface area contributed by atoms with Crippen molar-refractivity contribution in [3.63, 3.8) is 0 Å². The van der Waals surface area contributed by atoms with Crippen LogP contribution in [0.3, 0.4) is 0 Å². The Morgan fingerprint density at radius 1 is 0.838 bits per heavy atom. The van der Waals surface area contributed by atoms with E-state index < -0.39 is 5.97 Å². The Bertz CT molecular complexity index is 1420. The number of nitrogens with zero attached hydrogens (tertiary/aromatic N) is 2. The zero-order chi connectivity index (χ0) is 26.4. The van der Waals surface area contributed by atoms with Gasteiger partial charge in [0.25, 0.3) is 0 Å². The van der Waals surface area contributed by atoms with Crippen molar-refractivity contribution in [1.82, 2.24) is 4.57 Å². The van der Waals surface area contributed by atoms with Gasteiger partial charge in [-0.2, -0.15) is 0 Å². The molecule has 4 rings (SSSR count). The first-order valence-corrected chi connectivity index (χ1v) is 11.8. The molecule has 0 atom stereocenters. The van der Waals surface area contributed by atoms with Gasteiger partial charge < -0.3 is 23.6 Å². The molecule has 0 spiro atoms. The van der Waals surface area contributed by atoms with E-state index in [2.05, 4.69) is 22.7 Å². The van der Waals surface area contributed by atoms with Gasteiger partial charge in [0.15, 0.2) is 0 Å². The first-order valence-electron chi connectivity index (χ1n) is 11.8. The Kier molecular flexibility index (Phi) is 7.93. The van der Waals surface area contributed by atoms with Crippen LogP contribution in [0.15, 0.2) is 84.0 Å². The molecule has 1 heterocycles. The zero-order valence-corrected chi connectivity index (χ0v) is 21.6. The van der Waals surface area contributed by atoms with Crippen LogP contribution in [-0.4, -0.2) is 37.6 Å². The van der Waals surface area contributed by atoms with Crippen molar-refractivity contribution in [3.05, 3.63) is 101 Å². The molecule has 0 bridgehead atoms. The van der Waals surface area contributed by atoms with Crippen molar-refractivity contribution in [2.24, 2.45) is 5.16 Å². The average Bonchev–Trinajstić information content (AvgIpc) is 3.29. The van der Waals surface area contributed by atoms with E-state index in [9.17, 15) is 4.79 Å². The molecule has 7 nitrogen and oxygen atoms in total. The third kappa shape index (κ3) is 5.51. The molecule has 0 unspecified atom stereocenters. The van der Waals surface area contributed by atoms with Crippen LogP contribution < -0.4 is 9.47 Å². The lowest BCUT2D eigenvalue weighted by Gasteiger charge is -2.14. The molecule has 37 heavy (non-hydrogen) atoms. The van der Waals surface area contributed by atoms with Crippen LogP contribution >= 0.6 is 0 Å². The fourth-order valence-electron chi connectivity index (χ4n) is 4.24. The molecular weight excluding hydrogens is 468 g/mol. The molecule has 4 aromatic rings. The number of esters is 1. The number of ether oxygens (including phenoxy) is 3. The van der Waals surface area contributed by atoms with E-state index in [1.54, 1.807) is 26.4 Å². The molecule has 0 aliphatic carbocycles. The largest absolute Gasteiger partial charge is 0.497 e. The number of carbonyl (C=O) groups is 1. The lowest BCUT2D eigenvalue weighted by atomic mass is 10.1. The van der Waals surface area contributed by atoms with Crippen LogP contribution in [0.5, 0.6) is 11.5 Å². The molecule has 7 heteroatoms. The Labute approximate surface area is 216 Å². The topological polar surface area (TPSA) is 71.3 Å². The van der Waals surface area contributed by atoms with Crippen molar-refractivity contribution in [3.8, 4) is 28.4 Å². The molecule has 0 aliphatic heterocycles. The maximum atomic E-state index is 12.1. The highest BCUT2D eigenvalue weighted by Crippen LogP contribution is 2.32. The van der Waals surface area contributed by atoms with Gasteiger partial charge in [0.1, 0.15) is 18.1 Å².